The van der Waals surface area contributed by atoms with Gasteiger partial charge in [-0.1, -0.05) is 6.08 Å². The third-order valence-corrected chi connectivity index (χ3v) is 2.06. The van der Waals surface area contributed by atoms with Crippen molar-refractivity contribution in [3.05, 3.63) is 42.5 Å². The van der Waals surface area contributed by atoms with E-state index >= 15 is 0 Å². The summed E-state index contributed by atoms with van der Waals surface area (Å²) in [6.07, 6.45) is 5.95. The van der Waals surface area contributed by atoms with Crippen molar-refractivity contribution in [2.45, 2.75) is 25.3 Å². The van der Waals surface area contributed by atoms with Gasteiger partial charge in [-0.2, -0.15) is 0 Å². The summed E-state index contributed by atoms with van der Waals surface area (Å²) in [6, 6.07) is 2.64. The number of nitrogens with zero attached hydrogens (tertiary/aromatic N) is 1. The molecule has 1 unspecified atom stereocenters. The van der Waals surface area contributed by atoms with Gasteiger partial charge in [0.25, 0.3) is 0 Å². The molecule has 14 heavy (non-hydrogen) atoms. The lowest BCUT2D eigenvalue weighted by atomic mass is 10.1. The highest BCUT2D eigenvalue weighted by Crippen LogP contribution is 2.17. The zero-order chi connectivity index (χ0) is 10.4. The second-order valence-electron chi connectivity index (χ2n) is 3.20. The minimum atomic E-state index is -0.321. The van der Waals surface area contributed by atoms with E-state index in [1.54, 1.807) is 12.3 Å². The summed E-state index contributed by atoms with van der Waals surface area (Å²) in [6.45, 7) is 3.62. The Morgan fingerprint density at radius 2 is 2.43 bits per heavy atom. The zero-order valence-corrected chi connectivity index (χ0v) is 8.12. The first-order valence-corrected chi connectivity index (χ1v) is 4.72. The van der Waals surface area contributed by atoms with Gasteiger partial charge in [-0.05, 0) is 31.4 Å². The molecule has 1 aromatic rings. The van der Waals surface area contributed by atoms with E-state index in [-0.39, 0.29) is 11.9 Å². The van der Waals surface area contributed by atoms with Gasteiger partial charge in [0.1, 0.15) is 5.82 Å². The summed E-state index contributed by atoms with van der Waals surface area (Å²) in [5.41, 5.74) is 6.16. The SMILES string of the molecule is C=CCCCC(N)c1ncccc1F. The largest absolute Gasteiger partial charge is 0.323 e. The summed E-state index contributed by atoms with van der Waals surface area (Å²) in [7, 11) is 0. The lowest BCUT2D eigenvalue weighted by molar-refractivity contribution is 0.536. The van der Waals surface area contributed by atoms with Crippen LogP contribution < -0.4 is 5.73 Å². The van der Waals surface area contributed by atoms with E-state index in [0.717, 1.165) is 19.3 Å². The minimum Gasteiger partial charge on any atom is -0.323 e. The van der Waals surface area contributed by atoms with Crippen LogP contribution in [0.5, 0.6) is 0 Å². The van der Waals surface area contributed by atoms with E-state index < -0.39 is 0 Å². The molecule has 0 aliphatic carbocycles. The molecule has 1 aromatic heterocycles. The molecule has 1 atom stereocenters. The van der Waals surface area contributed by atoms with Crippen LogP contribution in [-0.4, -0.2) is 4.98 Å². The minimum absolute atomic E-state index is 0.309. The lowest BCUT2D eigenvalue weighted by Crippen LogP contribution is -2.13. The molecule has 0 saturated carbocycles. The van der Waals surface area contributed by atoms with Gasteiger partial charge in [0, 0.05) is 12.2 Å². The molecule has 0 spiro atoms. The monoisotopic (exact) mass is 194 g/mol. The van der Waals surface area contributed by atoms with Crippen molar-refractivity contribution < 1.29 is 4.39 Å². The van der Waals surface area contributed by atoms with E-state index in [9.17, 15) is 4.39 Å². The fraction of sp³-hybridized carbons (Fsp3) is 0.364. The maximum atomic E-state index is 13.2. The Bertz CT molecular complexity index is 299. The summed E-state index contributed by atoms with van der Waals surface area (Å²) in [4.78, 5) is 3.93. The van der Waals surface area contributed by atoms with Crippen molar-refractivity contribution in [3.8, 4) is 0 Å². The second kappa shape index (κ2) is 5.50. The van der Waals surface area contributed by atoms with Crippen molar-refractivity contribution in [2.24, 2.45) is 5.73 Å². The van der Waals surface area contributed by atoms with Gasteiger partial charge in [-0.25, -0.2) is 4.39 Å². The van der Waals surface area contributed by atoms with Crippen LogP contribution >= 0.6 is 0 Å². The Morgan fingerprint density at radius 3 is 3.07 bits per heavy atom. The number of unbranched alkanes of at least 4 members (excludes halogenated alkanes) is 1. The van der Waals surface area contributed by atoms with Crippen molar-refractivity contribution >= 4 is 0 Å². The second-order valence-corrected chi connectivity index (χ2v) is 3.20. The summed E-state index contributed by atoms with van der Waals surface area (Å²) in [5.74, 6) is -0.321. The number of pyridine rings is 1. The molecule has 0 aliphatic rings. The molecule has 2 N–H and O–H groups in total. The first-order chi connectivity index (χ1) is 6.75. The highest BCUT2D eigenvalue weighted by Gasteiger charge is 2.11. The van der Waals surface area contributed by atoms with E-state index in [1.165, 1.54) is 6.07 Å². The van der Waals surface area contributed by atoms with Gasteiger partial charge < -0.3 is 5.73 Å². The molecule has 1 heterocycles. The van der Waals surface area contributed by atoms with Crippen LogP contribution in [0.1, 0.15) is 31.0 Å². The molecule has 0 aliphatic heterocycles. The van der Waals surface area contributed by atoms with Gasteiger partial charge >= 0.3 is 0 Å². The average Bonchev–Trinajstić information content (AvgIpc) is 2.18. The van der Waals surface area contributed by atoms with Crippen LogP contribution in [-0.2, 0) is 0 Å². The quantitative estimate of drug-likeness (QED) is 0.578. The maximum Gasteiger partial charge on any atom is 0.146 e. The molecular formula is C11H15FN2. The van der Waals surface area contributed by atoms with Crippen molar-refractivity contribution in [2.75, 3.05) is 0 Å². The van der Waals surface area contributed by atoms with Crippen LogP contribution in [0.25, 0.3) is 0 Å². The van der Waals surface area contributed by atoms with Crippen LogP contribution in [0.15, 0.2) is 31.0 Å². The molecule has 1 rings (SSSR count). The summed E-state index contributed by atoms with van der Waals surface area (Å²) < 4.78 is 13.2. The standard InChI is InChI=1S/C11H15FN2/c1-2-3-4-7-10(13)11-9(12)6-5-8-14-11/h2,5-6,8,10H,1,3-4,7,13H2. The third-order valence-electron chi connectivity index (χ3n) is 2.06. The number of halogens is 1. The van der Waals surface area contributed by atoms with Crippen molar-refractivity contribution in [1.82, 2.24) is 4.98 Å². The van der Waals surface area contributed by atoms with Gasteiger partial charge in [0.05, 0.1) is 5.69 Å². The molecule has 0 amide bonds. The topological polar surface area (TPSA) is 38.9 Å². The average molecular weight is 194 g/mol. The van der Waals surface area contributed by atoms with Crippen LogP contribution in [0.4, 0.5) is 4.39 Å². The van der Waals surface area contributed by atoms with E-state index in [0.29, 0.717) is 5.69 Å². The number of aromatic nitrogens is 1. The predicted molar refractivity (Wildman–Crippen MR) is 55.2 cm³/mol. The van der Waals surface area contributed by atoms with E-state index in [4.69, 9.17) is 5.73 Å². The Morgan fingerprint density at radius 1 is 1.64 bits per heavy atom. The summed E-state index contributed by atoms with van der Waals surface area (Å²) >= 11 is 0. The van der Waals surface area contributed by atoms with Crippen LogP contribution in [0.2, 0.25) is 0 Å². The summed E-state index contributed by atoms with van der Waals surface area (Å²) in [5, 5.41) is 0. The fourth-order valence-corrected chi connectivity index (χ4v) is 1.29. The number of hydrogen-bond acceptors (Lipinski definition) is 2. The molecule has 0 saturated heterocycles. The molecule has 0 radical (unpaired) electrons. The normalized spacial score (nSPS) is 12.4. The number of allylic oxidation sites excluding steroid dienone is 1. The highest BCUT2D eigenvalue weighted by atomic mass is 19.1. The molecule has 0 fully saturated rings. The number of nitrogens with two attached hydrogens (primary N) is 1. The fourth-order valence-electron chi connectivity index (χ4n) is 1.29. The third kappa shape index (κ3) is 2.92. The Hall–Kier alpha value is -1.22. The molecular weight excluding hydrogens is 179 g/mol. The highest BCUT2D eigenvalue weighted by molar-refractivity contribution is 5.10. The Labute approximate surface area is 83.7 Å². The van der Waals surface area contributed by atoms with Gasteiger partial charge in [0.2, 0.25) is 0 Å². The van der Waals surface area contributed by atoms with E-state index in [1.807, 2.05) is 6.08 Å². The van der Waals surface area contributed by atoms with Crippen LogP contribution in [0, 0.1) is 5.82 Å². The van der Waals surface area contributed by atoms with Crippen LogP contribution in [0.3, 0.4) is 0 Å². The first-order valence-electron chi connectivity index (χ1n) is 4.72. The van der Waals surface area contributed by atoms with Crippen molar-refractivity contribution in [3.63, 3.8) is 0 Å². The lowest BCUT2D eigenvalue weighted by Gasteiger charge is -2.10. The molecule has 76 valence electrons. The van der Waals surface area contributed by atoms with E-state index in [2.05, 4.69) is 11.6 Å². The molecule has 2 nitrogen and oxygen atoms in total. The zero-order valence-electron chi connectivity index (χ0n) is 8.12. The number of rotatable bonds is 5. The predicted octanol–water partition coefficient (Wildman–Crippen LogP) is 2.58. The molecule has 0 bridgehead atoms. The van der Waals surface area contributed by atoms with Crippen molar-refractivity contribution in [1.29, 1.82) is 0 Å². The van der Waals surface area contributed by atoms with Gasteiger partial charge in [0.15, 0.2) is 0 Å². The van der Waals surface area contributed by atoms with Gasteiger partial charge in [-0.3, -0.25) is 4.98 Å². The first kappa shape index (κ1) is 10.9. The smallest absolute Gasteiger partial charge is 0.146 e. The maximum absolute atomic E-state index is 13.2. The van der Waals surface area contributed by atoms with Gasteiger partial charge in [-0.15, -0.1) is 6.58 Å². The Kier molecular flexibility index (Phi) is 4.26. The molecule has 0 aromatic carbocycles. The number of hydrogen-bond donors (Lipinski definition) is 1. The molecule has 3 heteroatoms. The Balaban J connectivity index is 2.55.